The van der Waals surface area contributed by atoms with Crippen LogP contribution in [0.2, 0.25) is 0 Å². The van der Waals surface area contributed by atoms with Crippen molar-refractivity contribution in [3.05, 3.63) is 98.3 Å². The maximum Gasteiger partial charge on any atom is 0.343 e. The van der Waals surface area contributed by atoms with E-state index in [1.807, 2.05) is 42.5 Å². The van der Waals surface area contributed by atoms with Crippen LogP contribution in [0.4, 0.5) is 11.4 Å². The standard InChI is InChI=1S/C21H13N3O6/c25-21(14-10-15(23(26)27)12-16(11-14)24(28)29)30-9-8-13-4-3-6-18-17-5-1-2-7-19(17)22-20(13)18/h1-12,22H. The lowest BCUT2D eigenvalue weighted by Crippen LogP contribution is -2.03. The molecule has 0 spiro atoms. The van der Waals surface area contributed by atoms with Gasteiger partial charge < -0.3 is 9.72 Å². The summed E-state index contributed by atoms with van der Waals surface area (Å²) in [7, 11) is 0. The quantitative estimate of drug-likeness (QED) is 0.217. The summed E-state index contributed by atoms with van der Waals surface area (Å²) in [5.74, 6) is -0.943. The van der Waals surface area contributed by atoms with E-state index in [0.29, 0.717) is 0 Å². The first-order valence-corrected chi connectivity index (χ1v) is 8.75. The van der Waals surface area contributed by atoms with Crippen LogP contribution >= 0.6 is 0 Å². The molecule has 0 unspecified atom stereocenters. The van der Waals surface area contributed by atoms with Gasteiger partial charge >= 0.3 is 5.97 Å². The third-order valence-corrected chi connectivity index (χ3v) is 4.56. The Morgan fingerprint density at radius 2 is 1.57 bits per heavy atom. The molecule has 4 rings (SSSR count). The van der Waals surface area contributed by atoms with E-state index >= 15 is 0 Å². The highest BCUT2D eigenvalue weighted by Gasteiger charge is 2.20. The molecule has 0 atom stereocenters. The zero-order chi connectivity index (χ0) is 21.3. The predicted molar refractivity (Wildman–Crippen MR) is 110 cm³/mol. The largest absolute Gasteiger partial charge is 0.431 e. The molecule has 9 nitrogen and oxygen atoms in total. The molecule has 4 aromatic rings. The molecule has 0 radical (unpaired) electrons. The lowest BCUT2D eigenvalue weighted by Gasteiger charge is -2.01. The lowest BCUT2D eigenvalue weighted by atomic mass is 10.1. The number of rotatable bonds is 5. The van der Waals surface area contributed by atoms with Crippen LogP contribution in [-0.2, 0) is 4.74 Å². The summed E-state index contributed by atoms with van der Waals surface area (Å²) >= 11 is 0. The Balaban J connectivity index is 1.62. The van der Waals surface area contributed by atoms with Crippen molar-refractivity contribution in [2.24, 2.45) is 0 Å². The molecule has 148 valence electrons. The molecule has 0 amide bonds. The van der Waals surface area contributed by atoms with Crippen molar-refractivity contribution in [2.75, 3.05) is 0 Å². The minimum atomic E-state index is -0.943. The Morgan fingerprint density at radius 3 is 2.27 bits per heavy atom. The molecule has 0 aliphatic rings. The van der Waals surface area contributed by atoms with Crippen LogP contribution in [0.15, 0.2) is 66.9 Å². The summed E-state index contributed by atoms with van der Waals surface area (Å²) in [5, 5.41) is 24.0. The summed E-state index contributed by atoms with van der Waals surface area (Å²) in [6.45, 7) is 0. The second-order valence-electron chi connectivity index (χ2n) is 6.40. The first-order valence-electron chi connectivity index (χ1n) is 8.75. The molecule has 0 bridgehead atoms. The van der Waals surface area contributed by atoms with Crippen LogP contribution in [0.25, 0.3) is 27.9 Å². The number of para-hydroxylation sites is 2. The molecular formula is C21H13N3O6. The van der Waals surface area contributed by atoms with E-state index in [9.17, 15) is 25.0 Å². The smallest absolute Gasteiger partial charge is 0.343 e. The minimum absolute atomic E-state index is 0.288. The molecule has 0 aliphatic heterocycles. The number of aromatic nitrogens is 1. The van der Waals surface area contributed by atoms with Crippen molar-refractivity contribution in [3.63, 3.8) is 0 Å². The second-order valence-corrected chi connectivity index (χ2v) is 6.40. The number of hydrogen-bond donors (Lipinski definition) is 1. The number of carbonyl (C=O) groups is 1. The van der Waals surface area contributed by atoms with Crippen molar-refractivity contribution in [3.8, 4) is 0 Å². The number of non-ortho nitro benzene ring substituents is 2. The van der Waals surface area contributed by atoms with E-state index in [1.165, 1.54) is 0 Å². The van der Waals surface area contributed by atoms with Gasteiger partial charge in [-0.15, -0.1) is 0 Å². The topological polar surface area (TPSA) is 128 Å². The van der Waals surface area contributed by atoms with Gasteiger partial charge in [0.1, 0.15) is 0 Å². The number of esters is 1. The van der Waals surface area contributed by atoms with E-state index in [0.717, 1.165) is 51.8 Å². The number of aromatic amines is 1. The fourth-order valence-corrected chi connectivity index (χ4v) is 3.20. The fraction of sp³-hybridized carbons (Fsp3) is 0. The Kier molecular flexibility index (Phi) is 4.69. The van der Waals surface area contributed by atoms with Gasteiger partial charge in [-0.1, -0.05) is 36.4 Å². The highest BCUT2D eigenvalue weighted by atomic mass is 16.6. The summed E-state index contributed by atoms with van der Waals surface area (Å²) < 4.78 is 5.05. The van der Waals surface area contributed by atoms with Crippen molar-refractivity contribution < 1.29 is 19.4 Å². The number of nitro benzene ring substituents is 2. The van der Waals surface area contributed by atoms with Crippen molar-refractivity contribution in [1.29, 1.82) is 0 Å². The molecular weight excluding hydrogens is 390 g/mol. The molecule has 1 aromatic heterocycles. The van der Waals surface area contributed by atoms with Crippen LogP contribution in [-0.4, -0.2) is 20.8 Å². The van der Waals surface area contributed by atoms with Gasteiger partial charge in [0.2, 0.25) is 0 Å². The summed E-state index contributed by atoms with van der Waals surface area (Å²) in [6.07, 6.45) is 2.72. The summed E-state index contributed by atoms with van der Waals surface area (Å²) in [4.78, 5) is 35.9. The number of ether oxygens (including phenoxy) is 1. The molecule has 1 heterocycles. The molecule has 30 heavy (non-hydrogen) atoms. The predicted octanol–water partition coefficient (Wildman–Crippen LogP) is 4.97. The zero-order valence-corrected chi connectivity index (χ0v) is 15.3. The number of nitrogens with one attached hydrogen (secondary N) is 1. The molecule has 3 aromatic carbocycles. The summed E-state index contributed by atoms with van der Waals surface area (Å²) in [5.41, 5.74) is 1.17. The first kappa shape index (κ1) is 18.8. The van der Waals surface area contributed by atoms with Crippen molar-refractivity contribution >= 4 is 45.2 Å². The van der Waals surface area contributed by atoms with Crippen LogP contribution < -0.4 is 0 Å². The molecule has 0 saturated carbocycles. The number of H-pyrrole nitrogens is 1. The summed E-state index contributed by atoms with van der Waals surface area (Å²) in [6, 6.07) is 16.1. The number of hydrogen-bond acceptors (Lipinski definition) is 6. The number of carbonyl (C=O) groups excluding carboxylic acids is 1. The van der Waals surface area contributed by atoms with Gasteiger partial charge in [-0.2, -0.15) is 0 Å². The van der Waals surface area contributed by atoms with E-state index in [1.54, 1.807) is 6.08 Å². The van der Waals surface area contributed by atoms with Gasteiger partial charge in [0.15, 0.2) is 0 Å². The van der Waals surface area contributed by atoms with E-state index in [2.05, 4.69) is 4.98 Å². The van der Waals surface area contributed by atoms with Crippen molar-refractivity contribution in [2.45, 2.75) is 0 Å². The fourth-order valence-electron chi connectivity index (χ4n) is 3.20. The van der Waals surface area contributed by atoms with Crippen LogP contribution in [0, 0.1) is 20.2 Å². The highest BCUT2D eigenvalue weighted by molar-refractivity contribution is 6.09. The van der Waals surface area contributed by atoms with E-state index < -0.39 is 27.2 Å². The Bertz CT molecular complexity index is 1320. The Labute approximate surface area is 168 Å². The minimum Gasteiger partial charge on any atom is -0.431 e. The highest BCUT2D eigenvalue weighted by Crippen LogP contribution is 2.28. The molecule has 1 N–H and O–H groups in total. The zero-order valence-electron chi connectivity index (χ0n) is 15.3. The number of benzene rings is 3. The molecule has 0 saturated heterocycles. The molecule has 0 fully saturated rings. The van der Waals surface area contributed by atoms with Gasteiger partial charge in [-0.25, -0.2) is 4.79 Å². The third-order valence-electron chi connectivity index (χ3n) is 4.56. The average Bonchev–Trinajstić information content (AvgIpc) is 3.13. The Hall–Kier alpha value is -4.53. The van der Waals surface area contributed by atoms with Gasteiger partial charge in [-0.05, 0) is 12.1 Å². The Morgan fingerprint density at radius 1 is 0.900 bits per heavy atom. The third kappa shape index (κ3) is 3.47. The van der Waals surface area contributed by atoms with Gasteiger partial charge in [0, 0.05) is 34.0 Å². The van der Waals surface area contributed by atoms with Crippen LogP contribution in [0.3, 0.4) is 0 Å². The average molecular weight is 403 g/mol. The van der Waals surface area contributed by atoms with Crippen LogP contribution in [0.1, 0.15) is 15.9 Å². The SMILES string of the molecule is O=C(OC=Cc1cccc2c1[nH]c1ccccc12)c1cc([N+](=O)[O-])cc([N+](=O)[O-])c1. The number of nitro groups is 2. The lowest BCUT2D eigenvalue weighted by molar-refractivity contribution is -0.394. The van der Waals surface area contributed by atoms with Crippen molar-refractivity contribution in [1.82, 2.24) is 4.98 Å². The van der Waals surface area contributed by atoms with E-state index in [4.69, 9.17) is 4.74 Å². The maximum atomic E-state index is 12.3. The van der Waals surface area contributed by atoms with Crippen LogP contribution in [0.5, 0.6) is 0 Å². The first-order chi connectivity index (χ1) is 14.4. The second kappa shape index (κ2) is 7.47. The van der Waals surface area contributed by atoms with Gasteiger partial charge in [-0.3, -0.25) is 20.2 Å². The molecule has 9 heteroatoms. The number of nitrogens with zero attached hydrogens (tertiary/aromatic N) is 2. The van der Waals surface area contributed by atoms with Gasteiger partial charge in [0.25, 0.3) is 11.4 Å². The monoisotopic (exact) mass is 403 g/mol. The van der Waals surface area contributed by atoms with Gasteiger partial charge in [0.05, 0.1) is 33.3 Å². The normalized spacial score (nSPS) is 11.2. The van der Waals surface area contributed by atoms with E-state index in [-0.39, 0.29) is 5.56 Å². The molecule has 0 aliphatic carbocycles. The number of fused-ring (bicyclic) bond motifs is 3. The maximum absolute atomic E-state index is 12.3.